The standard InChI is InChI=1S/C21H30O6/c1-19-5-3-11(23)7-14(19)15(24)8-12-13-4-6-21(27,17(26)10-22)20(13,2)9-16(25)18(12)19/h7,12-13,15-16,18,22,24-25,27H,3-6,8-10H2,1-2H3/t12-,13+,15+,16+,18+,19-,20+,21-/m0/s1. The zero-order chi connectivity index (χ0) is 19.8. The summed E-state index contributed by atoms with van der Waals surface area (Å²) in [4.78, 5) is 24.3. The molecule has 4 N–H and O–H groups in total. The molecule has 0 saturated heterocycles. The fourth-order valence-corrected chi connectivity index (χ4v) is 7.33. The summed E-state index contributed by atoms with van der Waals surface area (Å²) >= 11 is 0. The van der Waals surface area contributed by atoms with Crippen molar-refractivity contribution in [2.75, 3.05) is 6.61 Å². The molecule has 0 heterocycles. The highest BCUT2D eigenvalue weighted by Gasteiger charge is 2.68. The molecule has 4 aliphatic carbocycles. The summed E-state index contributed by atoms with van der Waals surface area (Å²) in [6.07, 6.45) is 2.75. The van der Waals surface area contributed by atoms with Gasteiger partial charge in [-0.3, -0.25) is 9.59 Å². The lowest BCUT2D eigenvalue weighted by atomic mass is 9.45. The third kappa shape index (κ3) is 2.33. The maximum absolute atomic E-state index is 12.4. The minimum atomic E-state index is -1.64. The highest BCUT2D eigenvalue weighted by molar-refractivity contribution is 5.92. The van der Waals surface area contributed by atoms with Crippen LogP contribution in [0.15, 0.2) is 11.6 Å². The number of Topliss-reactive ketones (excluding diaryl/α,β-unsaturated/α-hetero) is 1. The Bertz CT molecular complexity index is 715. The number of rotatable bonds is 2. The Kier molecular flexibility index (Phi) is 4.25. The van der Waals surface area contributed by atoms with E-state index in [0.29, 0.717) is 25.7 Å². The Morgan fingerprint density at radius 2 is 1.96 bits per heavy atom. The zero-order valence-corrected chi connectivity index (χ0v) is 16.0. The van der Waals surface area contributed by atoms with Gasteiger partial charge in [0.25, 0.3) is 0 Å². The summed E-state index contributed by atoms with van der Waals surface area (Å²) in [6.45, 7) is 3.18. The van der Waals surface area contributed by atoms with Gasteiger partial charge in [0.05, 0.1) is 12.2 Å². The summed E-state index contributed by atoms with van der Waals surface area (Å²) in [5, 5.41) is 42.6. The van der Waals surface area contributed by atoms with Crippen molar-refractivity contribution in [1.29, 1.82) is 0 Å². The second-order valence-corrected chi connectivity index (χ2v) is 9.70. The van der Waals surface area contributed by atoms with Gasteiger partial charge in [-0.05, 0) is 66.9 Å². The van der Waals surface area contributed by atoms with Crippen LogP contribution in [0.25, 0.3) is 0 Å². The predicted octanol–water partition coefficient (Wildman–Crippen LogP) is 0.752. The van der Waals surface area contributed by atoms with Crippen LogP contribution in [0.1, 0.15) is 52.4 Å². The average Bonchev–Trinajstić information content (AvgIpc) is 2.87. The lowest BCUT2D eigenvalue weighted by molar-refractivity contribution is -0.187. The molecule has 8 atom stereocenters. The van der Waals surface area contributed by atoms with Gasteiger partial charge in [0.2, 0.25) is 0 Å². The summed E-state index contributed by atoms with van der Waals surface area (Å²) < 4.78 is 0. The number of aliphatic hydroxyl groups excluding tert-OH is 3. The first-order valence-corrected chi connectivity index (χ1v) is 10.1. The Morgan fingerprint density at radius 3 is 2.63 bits per heavy atom. The topological polar surface area (TPSA) is 115 Å². The number of fused-ring (bicyclic) bond motifs is 5. The molecule has 6 heteroatoms. The van der Waals surface area contributed by atoms with E-state index in [1.807, 2.05) is 13.8 Å². The van der Waals surface area contributed by atoms with Gasteiger partial charge in [0.1, 0.15) is 12.2 Å². The van der Waals surface area contributed by atoms with Crippen LogP contribution >= 0.6 is 0 Å². The summed E-state index contributed by atoms with van der Waals surface area (Å²) in [5.74, 6) is -0.713. The lowest BCUT2D eigenvalue weighted by Crippen LogP contribution is -2.63. The van der Waals surface area contributed by atoms with Crippen LogP contribution in [-0.4, -0.2) is 56.4 Å². The number of ketones is 2. The highest BCUT2D eigenvalue weighted by atomic mass is 16.3. The first-order chi connectivity index (χ1) is 12.6. The van der Waals surface area contributed by atoms with Crippen LogP contribution in [0.5, 0.6) is 0 Å². The van der Waals surface area contributed by atoms with Crippen molar-refractivity contribution in [3.63, 3.8) is 0 Å². The van der Waals surface area contributed by atoms with Crippen LogP contribution in [0, 0.1) is 28.6 Å². The first kappa shape index (κ1) is 19.2. The van der Waals surface area contributed by atoms with E-state index < -0.39 is 41.0 Å². The molecule has 4 aliphatic rings. The third-order valence-electron chi connectivity index (χ3n) is 8.67. The SMILES string of the molecule is C[C@]12CCC(=O)C=C1[C@H](O)C[C@@H]1[C@@H]2[C@H](O)C[C@]2(C)[C@@H]1CC[C@]2(O)C(=O)CO. The molecule has 27 heavy (non-hydrogen) atoms. The molecule has 0 aromatic heterocycles. The molecular formula is C21H30O6. The van der Waals surface area contributed by atoms with Gasteiger partial charge in [-0.15, -0.1) is 0 Å². The number of carbonyl (C=O) groups is 2. The molecule has 4 rings (SSSR count). The van der Waals surface area contributed by atoms with Gasteiger partial charge in [0, 0.05) is 11.8 Å². The van der Waals surface area contributed by atoms with E-state index in [1.165, 1.54) is 0 Å². The molecule has 6 nitrogen and oxygen atoms in total. The van der Waals surface area contributed by atoms with E-state index in [4.69, 9.17) is 0 Å². The molecule has 0 aromatic carbocycles. The largest absolute Gasteiger partial charge is 0.393 e. The van der Waals surface area contributed by atoms with Gasteiger partial charge in [-0.2, -0.15) is 0 Å². The minimum Gasteiger partial charge on any atom is -0.393 e. The van der Waals surface area contributed by atoms with E-state index in [0.717, 1.165) is 5.57 Å². The molecule has 150 valence electrons. The van der Waals surface area contributed by atoms with E-state index >= 15 is 0 Å². The van der Waals surface area contributed by atoms with E-state index in [9.17, 15) is 30.0 Å². The van der Waals surface area contributed by atoms with Crippen molar-refractivity contribution in [1.82, 2.24) is 0 Å². The van der Waals surface area contributed by atoms with Gasteiger partial charge >= 0.3 is 0 Å². The predicted molar refractivity (Wildman–Crippen MR) is 96.5 cm³/mol. The van der Waals surface area contributed by atoms with Gasteiger partial charge in [-0.1, -0.05) is 13.8 Å². The normalized spacial score (nSPS) is 51.9. The van der Waals surface area contributed by atoms with Crippen LogP contribution in [0.2, 0.25) is 0 Å². The molecule has 0 radical (unpaired) electrons. The molecule has 0 aromatic rings. The lowest BCUT2D eigenvalue weighted by Gasteiger charge is -2.61. The van der Waals surface area contributed by atoms with E-state index in [2.05, 4.69) is 0 Å². The van der Waals surface area contributed by atoms with Crippen molar-refractivity contribution < 1.29 is 30.0 Å². The van der Waals surface area contributed by atoms with Gasteiger partial charge in [0.15, 0.2) is 11.6 Å². The summed E-state index contributed by atoms with van der Waals surface area (Å²) in [5.41, 5.74) is -2.17. The fraction of sp³-hybridized carbons (Fsp3) is 0.810. The van der Waals surface area contributed by atoms with Crippen molar-refractivity contribution in [2.45, 2.75) is 70.2 Å². The van der Waals surface area contributed by atoms with Gasteiger partial charge < -0.3 is 20.4 Å². The minimum absolute atomic E-state index is 0.0166. The van der Waals surface area contributed by atoms with Crippen molar-refractivity contribution >= 4 is 11.6 Å². The first-order valence-electron chi connectivity index (χ1n) is 10.1. The number of hydrogen-bond donors (Lipinski definition) is 4. The van der Waals surface area contributed by atoms with Crippen LogP contribution in [0.4, 0.5) is 0 Å². The molecule has 0 aliphatic heterocycles. The van der Waals surface area contributed by atoms with Crippen LogP contribution in [-0.2, 0) is 9.59 Å². The van der Waals surface area contributed by atoms with Crippen LogP contribution in [0.3, 0.4) is 0 Å². The molecule has 0 bridgehead atoms. The Morgan fingerprint density at radius 1 is 1.26 bits per heavy atom. The summed E-state index contributed by atoms with van der Waals surface area (Å²) in [6, 6.07) is 0. The van der Waals surface area contributed by atoms with Gasteiger partial charge in [-0.25, -0.2) is 0 Å². The Balaban J connectivity index is 1.77. The fourth-order valence-electron chi connectivity index (χ4n) is 7.33. The summed E-state index contributed by atoms with van der Waals surface area (Å²) in [7, 11) is 0. The average molecular weight is 378 g/mol. The second-order valence-electron chi connectivity index (χ2n) is 9.70. The zero-order valence-electron chi connectivity index (χ0n) is 16.0. The maximum atomic E-state index is 12.4. The highest BCUT2D eigenvalue weighted by Crippen LogP contribution is 2.67. The third-order valence-corrected chi connectivity index (χ3v) is 8.67. The van der Waals surface area contributed by atoms with E-state index in [1.54, 1.807) is 6.08 Å². The molecule has 0 unspecified atom stereocenters. The second kappa shape index (κ2) is 5.96. The maximum Gasteiger partial charge on any atom is 0.190 e. The van der Waals surface area contributed by atoms with Crippen molar-refractivity contribution in [3.05, 3.63) is 11.6 Å². The molecular weight excluding hydrogens is 348 g/mol. The smallest absolute Gasteiger partial charge is 0.190 e. The molecule has 3 saturated carbocycles. The number of hydrogen-bond acceptors (Lipinski definition) is 6. The monoisotopic (exact) mass is 378 g/mol. The molecule has 0 amide bonds. The van der Waals surface area contributed by atoms with Crippen LogP contribution < -0.4 is 0 Å². The van der Waals surface area contributed by atoms with E-state index in [-0.39, 0.29) is 36.4 Å². The Labute approximate surface area is 159 Å². The Hall–Kier alpha value is -1.08. The van der Waals surface area contributed by atoms with Crippen molar-refractivity contribution in [3.8, 4) is 0 Å². The molecule has 0 spiro atoms. The number of aliphatic hydroxyl groups is 4. The van der Waals surface area contributed by atoms with Crippen molar-refractivity contribution in [2.24, 2.45) is 28.6 Å². The quantitative estimate of drug-likeness (QED) is 0.564. The number of carbonyl (C=O) groups excluding carboxylic acids is 2. The molecule has 3 fully saturated rings.